The second-order valence-electron chi connectivity index (χ2n) is 5.84. The van der Waals surface area contributed by atoms with Gasteiger partial charge < -0.3 is 5.11 Å². The van der Waals surface area contributed by atoms with Gasteiger partial charge in [-0.3, -0.25) is 14.5 Å². The monoisotopic (exact) mass is 333 g/mol. The van der Waals surface area contributed by atoms with Gasteiger partial charge in [-0.2, -0.15) is 5.10 Å². The van der Waals surface area contributed by atoms with Crippen LogP contribution in [0.2, 0.25) is 0 Å². The highest BCUT2D eigenvalue weighted by Crippen LogP contribution is 2.30. The van der Waals surface area contributed by atoms with Gasteiger partial charge in [-0.05, 0) is 17.7 Å². The van der Waals surface area contributed by atoms with Crippen LogP contribution in [0.25, 0.3) is 5.69 Å². The normalized spacial score (nSPS) is 13.8. The minimum absolute atomic E-state index is 0.0126. The minimum atomic E-state index is -0.519. The zero-order valence-electron chi connectivity index (χ0n) is 13.3. The highest BCUT2D eigenvalue weighted by molar-refractivity contribution is 6.10. The van der Waals surface area contributed by atoms with Crippen molar-refractivity contribution in [3.8, 4) is 11.6 Å². The Balaban J connectivity index is 1.72. The number of carbonyl (C=O) groups excluding carboxylic acids is 2. The van der Waals surface area contributed by atoms with Crippen molar-refractivity contribution in [2.75, 3.05) is 0 Å². The van der Waals surface area contributed by atoms with Gasteiger partial charge in [0.05, 0.1) is 24.3 Å². The van der Waals surface area contributed by atoms with Gasteiger partial charge >= 0.3 is 0 Å². The highest BCUT2D eigenvalue weighted by atomic mass is 16.3. The molecule has 25 heavy (non-hydrogen) atoms. The summed E-state index contributed by atoms with van der Waals surface area (Å²) in [7, 11) is 0. The van der Waals surface area contributed by atoms with Crippen molar-refractivity contribution in [1.82, 2.24) is 14.7 Å². The van der Waals surface area contributed by atoms with Crippen molar-refractivity contribution < 1.29 is 14.7 Å². The van der Waals surface area contributed by atoms with E-state index in [-0.39, 0.29) is 30.3 Å². The second kappa shape index (κ2) is 5.90. The van der Waals surface area contributed by atoms with Crippen LogP contribution in [0.3, 0.4) is 0 Å². The number of nitrogens with zero attached hydrogens (tertiary/aromatic N) is 3. The third-order valence-corrected chi connectivity index (χ3v) is 4.20. The summed E-state index contributed by atoms with van der Waals surface area (Å²) < 4.78 is 1.29. The van der Waals surface area contributed by atoms with Crippen LogP contribution in [0.4, 0.5) is 0 Å². The lowest BCUT2D eigenvalue weighted by molar-refractivity contribution is -0.128. The topological polar surface area (TPSA) is 75.4 Å². The molecule has 0 saturated heterocycles. The predicted octanol–water partition coefficient (Wildman–Crippen LogP) is 2.30. The first-order valence-corrected chi connectivity index (χ1v) is 7.90. The van der Waals surface area contributed by atoms with Crippen molar-refractivity contribution in [3.05, 3.63) is 77.5 Å². The third kappa shape index (κ3) is 2.57. The van der Waals surface area contributed by atoms with Crippen LogP contribution in [-0.4, -0.2) is 31.6 Å². The molecule has 0 radical (unpaired) electrons. The van der Waals surface area contributed by atoms with Crippen molar-refractivity contribution in [2.45, 2.75) is 13.0 Å². The van der Waals surface area contributed by atoms with Gasteiger partial charge in [0.15, 0.2) is 0 Å². The fourth-order valence-corrected chi connectivity index (χ4v) is 2.96. The Morgan fingerprint density at radius 2 is 1.60 bits per heavy atom. The Hall–Kier alpha value is -3.41. The summed E-state index contributed by atoms with van der Waals surface area (Å²) in [6, 6.07) is 18.3. The molecular weight excluding hydrogens is 318 g/mol. The molecule has 2 amide bonds. The van der Waals surface area contributed by atoms with Crippen LogP contribution in [0.15, 0.2) is 60.7 Å². The molecule has 6 nitrogen and oxygen atoms in total. The van der Waals surface area contributed by atoms with Crippen molar-refractivity contribution in [2.24, 2.45) is 0 Å². The molecule has 0 saturated carbocycles. The summed E-state index contributed by atoms with van der Waals surface area (Å²) in [6.45, 7) is 0.175. The summed E-state index contributed by atoms with van der Waals surface area (Å²) in [5.74, 6) is -1.08. The number of hydrogen-bond acceptors (Lipinski definition) is 4. The molecule has 2 aromatic carbocycles. The summed E-state index contributed by atoms with van der Waals surface area (Å²) in [5, 5.41) is 14.8. The summed E-state index contributed by atoms with van der Waals surface area (Å²) in [4.78, 5) is 26.4. The van der Waals surface area contributed by atoms with E-state index in [1.165, 1.54) is 4.68 Å². The molecule has 124 valence electrons. The van der Waals surface area contributed by atoms with E-state index < -0.39 is 5.91 Å². The number of rotatable bonds is 3. The lowest BCUT2D eigenvalue weighted by Gasteiger charge is -2.24. The van der Waals surface area contributed by atoms with E-state index in [1.54, 1.807) is 12.1 Å². The molecule has 2 heterocycles. The van der Waals surface area contributed by atoms with Crippen LogP contribution in [0.1, 0.15) is 21.6 Å². The van der Waals surface area contributed by atoms with Crippen LogP contribution in [0.5, 0.6) is 5.88 Å². The first-order chi connectivity index (χ1) is 12.1. The quantitative estimate of drug-likeness (QED) is 0.746. The molecular formula is C19H15N3O3. The smallest absolute Gasteiger partial charge is 0.268 e. The number of aromatic hydroxyl groups is 1. The van der Waals surface area contributed by atoms with E-state index in [0.29, 0.717) is 11.4 Å². The largest absolute Gasteiger partial charge is 0.493 e. The Kier molecular flexibility index (Phi) is 3.57. The molecule has 0 spiro atoms. The number of hydrogen-bond donors (Lipinski definition) is 1. The van der Waals surface area contributed by atoms with E-state index in [4.69, 9.17) is 0 Å². The molecule has 0 unspecified atom stereocenters. The van der Waals surface area contributed by atoms with E-state index in [0.717, 1.165) is 10.5 Å². The number of amides is 2. The fraction of sp³-hybridized carbons (Fsp3) is 0.105. The van der Waals surface area contributed by atoms with Gasteiger partial charge in [-0.15, -0.1) is 0 Å². The van der Waals surface area contributed by atoms with E-state index >= 15 is 0 Å². The maximum atomic E-state index is 12.8. The van der Waals surface area contributed by atoms with Gasteiger partial charge in [-0.25, -0.2) is 4.68 Å². The van der Waals surface area contributed by atoms with Crippen molar-refractivity contribution >= 4 is 11.8 Å². The van der Waals surface area contributed by atoms with Gasteiger partial charge in [0, 0.05) is 0 Å². The number of aromatic nitrogens is 2. The lowest BCUT2D eigenvalue weighted by atomic mass is 10.1. The number of carbonyl (C=O) groups is 2. The van der Waals surface area contributed by atoms with Crippen LogP contribution in [0, 0.1) is 0 Å². The standard InChI is InChI=1S/C19H15N3O3/c23-16-11-15-17(18(24)21(16)12-13-7-3-1-4-8-13)19(25)22(20-15)14-9-5-2-6-10-14/h1-10,25H,11-12H2. The van der Waals surface area contributed by atoms with Crippen LogP contribution >= 0.6 is 0 Å². The van der Waals surface area contributed by atoms with E-state index in [1.807, 2.05) is 48.5 Å². The molecule has 1 aliphatic rings. The molecule has 3 aromatic rings. The Morgan fingerprint density at radius 3 is 2.28 bits per heavy atom. The Labute approximate surface area is 143 Å². The molecule has 0 atom stereocenters. The third-order valence-electron chi connectivity index (χ3n) is 4.20. The molecule has 4 rings (SSSR count). The first kappa shape index (κ1) is 15.1. The molecule has 1 aromatic heterocycles. The number of para-hydroxylation sites is 1. The molecule has 1 aliphatic heterocycles. The number of benzene rings is 2. The maximum absolute atomic E-state index is 12.8. The first-order valence-electron chi connectivity index (χ1n) is 7.90. The minimum Gasteiger partial charge on any atom is -0.493 e. The van der Waals surface area contributed by atoms with Crippen molar-refractivity contribution in [3.63, 3.8) is 0 Å². The SMILES string of the molecule is O=C1Cc2nn(-c3ccccc3)c(O)c2C(=O)N1Cc1ccccc1. The second-order valence-corrected chi connectivity index (χ2v) is 5.84. The van der Waals surface area contributed by atoms with E-state index in [2.05, 4.69) is 5.10 Å². The van der Waals surface area contributed by atoms with Crippen molar-refractivity contribution in [1.29, 1.82) is 0 Å². The maximum Gasteiger partial charge on any atom is 0.268 e. The van der Waals surface area contributed by atoms with Gasteiger partial charge in [0.2, 0.25) is 11.8 Å². The Bertz CT molecular complexity index is 949. The zero-order chi connectivity index (χ0) is 17.4. The lowest BCUT2D eigenvalue weighted by Crippen LogP contribution is -2.41. The predicted molar refractivity (Wildman–Crippen MR) is 90.3 cm³/mol. The molecule has 6 heteroatoms. The van der Waals surface area contributed by atoms with Crippen LogP contribution < -0.4 is 0 Å². The molecule has 0 bridgehead atoms. The zero-order valence-corrected chi connectivity index (χ0v) is 13.3. The van der Waals surface area contributed by atoms with Gasteiger partial charge in [-0.1, -0.05) is 48.5 Å². The fourth-order valence-electron chi connectivity index (χ4n) is 2.96. The Morgan fingerprint density at radius 1 is 0.960 bits per heavy atom. The summed E-state index contributed by atoms with van der Waals surface area (Å²) in [5.41, 5.74) is 1.88. The summed E-state index contributed by atoms with van der Waals surface area (Å²) in [6.07, 6.45) is -0.0126. The molecule has 0 aliphatic carbocycles. The average Bonchev–Trinajstić information content (AvgIpc) is 2.96. The van der Waals surface area contributed by atoms with Gasteiger partial charge in [0.25, 0.3) is 5.91 Å². The average molecular weight is 333 g/mol. The number of imide groups is 1. The molecule has 1 N–H and O–H groups in total. The van der Waals surface area contributed by atoms with E-state index in [9.17, 15) is 14.7 Å². The number of fused-ring (bicyclic) bond motifs is 1. The highest BCUT2D eigenvalue weighted by Gasteiger charge is 2.37. The van der Waals surface area contributed by atoms with Crippen LogP contribution in [-0.2, 0) is 17.8 Å². The van der Waals surface area contributed by atoms with Gasteiger partial charge in [0.1, 0.15) is 5.56 Å². The summed E-state index contributed by atoms with van der Waals surface area (Å²) >= 11 is 0. The molecule has 0 fully saturated rings.